The van der Waals surface area contributed by atoms with Gasteiger partial charge in [-0.1, -0.05) is 34.1 Å². The minimum absolute atomic E-state index is 0.301. The van der Waals surface area contributed by atoms with Gasteiger partial charge in [0.25, 0.3) is 0 Å². The molecule has 2 rings (SSSR count). The number of hydrogen-bond acceptors (Lipinski definition) is 2. The van der Waals surface area contributed by atoms with Crippen molar-refractivity contribution < 1.29 is 14.2 Å². The van der Waals surface area contributed by atoms with Crippen molar-refractivity contribution in [3.8, 4) is 5.75 Å². The first kappa shape index (κ1) is 15.0. The van der Waals surface area contributed by atoms with Crippen molar-refractivity contribution in [2.24, 2.45) is 0 Å². The van der Waals surface area contributed by atoms with Crippen LogP contribution in [0, 0.1) is 5.82 Å². The van der Waals surface area contributed by atoms with Gasteiger partial charge in [0.2, 0.25) is 0 Å². The van der Waals surface area contributed by atoms with Gasteiger partial charge < -0.3 is 9.84 Å². The lowest BCUT2D eigenvalue weighted by molar-refractivity contribution is 0.0574. The second-order valence-corrected chi connectivity index (χ2v) is 5.77. The Kier molecular flexibility index (Phi) is 4.45. The van der Waals surface area contributed by atoms with Crippen LogP contribution in [-0.2, 0) is 12.0 Å². The molecular weight excluding hydrogens is 323 g/mol. The van der Waals surface area contributed by atoms with Crippen LogP contribution in [-0.4, -0.2) is 12.2 Å². The summed E-state index contributed by atoms with van der Waals surface area (Å²) in [5.74, 6) is 0.442. The van der Waals surface area contributed by atoms with Crippen molar-refractivity contribution in [2.75, 3.05) is 7.11 Å². The molecule has 0 amide bonds. The number of rotatable bonds is 4. The van der Waals surface area contributed by atoms with E-state index in [1.165, 1.54) is 12.1 Å². The molecule has 0 fully saturated rings. The van der Waals surface area contributed by atoms with Crippen LogP contribution in [0.2, 0.25) is 0 Å². The average Bonchev–Trinajstić information content (AvgIpc) is 2.42. The van der Waals surface area contributed by atoms with E-state index < -0.39 is 5.60 Å². The fourth-order valence-electron chi connectivity index (χ4n) is 2.09. The number of benzene rings is 2. The van der Waals surface area contributed by atoms with E-state index in [-0.39, 0.29) is 5.82 Å². The molecular formula is C16H16BrFO2. The van der Waals surface area contributed by atoms with Crippen LogP contribution in [0.3, 0.4) is 0 Å². The summed E-state index contributed by atoms with van der Waals surface area (Å²) in [6, 6.07) is 11.8. The highest BCUT2D eigenvalue weighted by atomic mass is 79.9. The molecule has 1 atom stereocenters. The Labute approximate surface area is 126 Å². The van der Waals surface area contributed by atoms with Crippen LogP contribution in [0.15, 0.2) is 46.9 Å². The Morgan fingerprint density at radius 2 is 1.85 bits per heavy atom. The van der Waals surface area contributed by atoms with Gasteiger partial charge in [-0.25, -0.2) is 4.39 Å². The molecule has 1 unspecified atom stereocenters. The summed E-state index contributed by atoms with van der Waals surface area (Å²) in [5.41, 5.74) is 0.605. The first-order valence-corrected chi connectivity index (χ1v) is 7.02. The Balaban J connectivity index is 2.25. The highest BCUT2D eigenvalue weighted by Gasteiger charge is 2.24. The van der Waals surface area contributed by atoms with E-state index in [1.807, 2.05) is 24.3 Å². The summed E-state index contributed by atoms with van der Waals surface area (Å²) < 4.78 is 18.8. The zero-order valence-corrected chi connectivity index (χ0v) is 12.9. The molecule has 0 saturated heterocycles. The molecule has 0 aromatic heterocycles. The number of ether oxygens (including phenoxy) is 1. The van der Waals surface area contributed by atoms with Crippen LogP contribution in [0.5, 0.6) is 5.75 Å². The molecule has 106 valence electrons. The van der Waals surface area contributed by atoms with E-state index in [0.29, 0.717) is 10.9 Å². The number of hydrogen-bond donors (Lipinski definition) is 1. The minimum atomic E-state index is -1.04. The molecule has 2 aromatic carbocycles. The van der Waals surface area contributed by atoms with Crippen molar-refractivity contribution in [1.29, 1.82) is 0 Å². The van der Waals surface area contributed by atoms with E-state index in [4.69, 9.17) is 4.74 Å². The van der Waals surface area contributed by atoms with E-state index in [1.54, 1.807) is 20.1 Å². The Hall–Kier alpha value is -1.39. The summed E-state index contributed by atoms with van der Waals surface area (Å²) in [5, 5.41) is 10.6. The maximum absolute atomic E-state index is 13.1. The maximum Gasteiger partial charge on any atom is 0.124 e. The minimum Gasteiger partial charge on any atom is -0.497 e. The van der Waals surface area contributed by atoms with Crippen LogP contribution >= 0.6 is 15.9 Å². The third-order valence-corrected chi connectivity index (χ3v) is 4.00. The predicted octanol–water partition coefficient (Wildman–Crippen LogP) is 4.05. The van der Waals surface area contributed by atoms with E-state index in [9.17, 15) is 9.50 Å². The molecule has 0 bridgehead atoms. The normalized spacial score (nSPS) is 13.8. The molecule has 0 heterocycles. The first-order chi connectivity index (χ1) is 9.42. The number of methoxy groups -OCH3 is 1. The third-order valence-electron chi connectivity index (χ3n) is 3.26. The average molecular weight is 339 g/mol. The first-order valence-electron chi connectivity index (χ1n) is 6.23. The van der Waals surface area contributed by atoms with Gasteiger partial charge in [-0.05, 0) is 42.3 Å². The summed E-state index contributed by atoms with van der Waals surface area (Å²) in [4.78, 5) is 0. The zero-order chi connectivity index (χ0) is 14.8. The van der Waals surface area contributed by atoms with Gasteiger partial charge >= 0.3 is 0 Å². The smallest absolute Gasteiger partial charge is 0.124 e. The zero-order valence-electron chi connectivity index (χ0n) is 11.4. The molecule has 20 heavy (non-hydrogen) atoms. The largest absolute Gasteiger partial charge is 0.497 e. The lowest BCUT2D eigenvalue weighted by atomic mass is 9.89. The van der Waals surface area contributed by atoms with Gasteiger partial charge in [-0.3, -0.25) is 0 Å². The molecule has 1 N–H and O–H groups in total. The Morgan fingerprint density at radius 1 is 1.20 bits per heavy atom. The van der Waals surface area contributed by atoms with Gasteiger partial charge in [0.15, 0.2) is 0 Å². The van der Waals surface area contributed by atoms with Crippen LogP contribution in [0.1, 0.15) is 18.1 Å². The van der Waals surface area contributed by atoms with Crippen molar-refractivity contribution in [1.82, 2.24) is 0 Å². The standard InChI is InChI=1S/C16H16BrFO2/c1-16(19,12-4-7-14(20-2)8-5-12)10-11-3-6-13(18)9-15(11)17/h3-9,19H,10H2,1-2H3. The molecule has 4 heteroatoms. The molecule has 0 aliphatic rings. The molecule has 0 aliphatic carbocycles. The molecule has 0 saturated carbocycles. The van der Waals surface area contributed by atoms with Crippen LogP contribution in [0.4, 0.5) is 4.39 Å². The number of aliphatic hydroxyl groups is 1. The Morgan fingerprint density at radius 3 is 2.40 bits per heavy atom. The van der Waals surface area contributed by atoms with Gasteiger partial charge in [-0.2, -0.15) is 0 Å². The fraction of sp³-hybridized carbons (Fsp3) is 0.250. The third kappa shape index (κ3) is 3.38. The number of halogens is 2. The molecule has 2 nitrogen and oxygen atoms in total. The Bertz CT molecular complexity index is 594. The quantitative estimate of drug-likeness (QED) is 0.911. The second-order valence-electron chi connectivity index (χ2n) is 4.91. The highest BCUT2D eigenvalue weighted by Crippen LogP contribution is 2.30. The lowest BCUT2D eigenvalue weighted by Gasteiger charge is -2.25. The predicted molar refractivity (Wildman–Crippen MR) is 80.4 cm³/mol. The van der Waals surface area contributed by atoms with E-state index in [2.05, 4.69) is 15.9 Å². The van der Waals surface area contributed by atoms with Crippen LogP contribution < -0.4 is 4.74 Å². The fourth-order valence-corrected chi connectivity index (χ4v) is 2.58. The topological polar surface area (TPSA) is 29.5 Å². The van der Waals surface area contributed by atoms with Gasteiger partial charge in [0.05, 0.1) is 12.7 Å². The van der Waals surface area contributed by atoms with E-state index in [0.717, 1.165) is 16.9 Å². The second kappa shape index (κ2) is 5.94. The van der Waals surface area contributed by atoms with Crippen molar-refractivity contribution >= 4 is 15.9 Å². The van der Waals surface area contributed by atoms with Gasteiger partial charge in [-0.15, -0.1) is 0 Å². The van der Waals surface area contributed by atoms with Crippen molar-refractivity contribution in [3.63, 3.8) is 0 Å². The molecule has 0 spiro atoms. The summed E-state index contributed by atoms with van der Waals surface area (Å²) >= 11 is 3.32. The van der Waals surface area contributed by atoms with Crippen molar-refractivity contribution in [3.05, 3.63) is 63.9 Å². The van der Waals surface area contributed by atoms with Gasteiger partial charge in [0.1, 0.15) is 11.6 Å². The SMILES string of the molecule is COc1ccc(C(C)(O)Cc2ccc(F)cc2Br)cc1. The molecule has 0 radical (unpaired) electrons. The monoisotopic (exact) mass is 338 g/mol. The van der Waals surface area contributed by atoms with Crippen LogP contribution in [0.25, 0.3) is 0 Å². The maximum atomic E-state index is 13.1. The summed E-state index contributed by atoms with van der Waals surface area (Å²) in [7, 11) is 1.60. The lowest BCUT2D eigenvalue weighted by Crippen LogP contribution is -2.24. The highest BCUT2D eigenvalue weighted by molar-refractivity contribution is 9.10. The summed E-state index contributed by atoms with van der Waals surface area (Å²) in [6.07, 6.45) is 0.389. The molecule has 2 aromatic rings. The van der Waals surface area contributed by atoms with Gasteiger partial charge in [0, 0.05) is 10.9 Å². The molecule has 0 aliphatic heterocycles. The summed E-state index contributed by atoms with van der Waals surface area (Å²) in [6.45, 7) is 1.74. The van der Waals surface area contributed by atoms with E-state index >= 15 is 0 Å². The van der Waals surface area contributed by atoms with Crippen molar-refractivity contribution in [2.45, 2.75) is 18.9 Å².